The van der Waals surface area contributed by atoms with Crippen molar-refractivity contribution in [2.24, 2.45) is 5.73 Å². The van der Waals surface area contributed by atoms with E-state index in [-0.39, 0.29) is 5.54 Å². The third-order valence-electron chi connectivity index (χ3n) is 1.25. The van der Waals surface area contributed by atoms with Gasteiger partial charge in [-0.05, 0) is 33.9 Å². The summed E-state index contributed by atoms with van der Waals surface area (Å²) in [4.78, 5) is 0. The van der Waals surface area contributed by atoms with Crippen LogP contribution in [0.1, 0.15) is 20.3 Å². The monoisotopic (exact) mass is 145 g/mol. The molecule has 3 heteroatoms. The van der Waals surface area contributed by atoms with Crippen LogP contribution < -0.4 is 16.4 Å². The van der Waals surface area contributed by atoms with E-state index in [1.807, 2.05) is 20.9 Å². The summed E-state index contributed by atoms with van der Waals surface area (Å²) in [5.41, 5.74) is 5.72. The Kier molecular flexibility index (Phi) is 4.60. The summed E-state index contributed by atoms with van der Waals surface area (Å²) in [6.45, 7) is 5.91. The molecule has 0 aromatic rings. The molecule has 0 atom stereocenters. The molecule has 0 radical (unpaired) electrons. The van der Waals surface area contributed by atoms with Gasteiger partial charge in [0.15, 0.2) is 0 Å². The number of nitrogens with two attached hydrogens (primary N) is 1. The van der Waals surface area contributed by atoms with Crippen LogP contribution in [-0.4, -0.2) is 25.8 Å². The summed E-state index contributed by atoms with van der Waals surface area (Å²) < 4.78 is 0. The van der Waals surface area contributed by atoms with Crippen molar-refractivity contribution in [2.45, 2.75) is 25.8 Å². The van der Waals surface area contributed by atoms with Crippen LogP contribution in [0.25, 0.3) is 0 Å². The topological polar surface area (TPSA) is 50.1 Å². The van der Waals surface area contributed by atoms with E-state index in [2.05, 4.69) is 10.6 Å². The first-order valence-corrected chi connectivity index (χ1v) is 3.70. The molecule has 0 aliphatic heterocycles. The van der Waals surface area contributed by atoms with Gasteiger partial charge in [-0.3, -0.25) is 0 Å². The van der Waals surface area contributed by atoms with Crippen LogP contribution in [0, 0.1) is 0 Å². The lowest BCUT2D eigenvalue weighted by Gasteiger charge is -2.18. The molecule has 0 aliphatic carbocycles. The van der Waals surface area contributed by atoms with Gasteiger partial charge in [-0.2, -0.15) is 0 Å². The van der Waals surface area contributed by atoms with Crippen LogP contribution in [0.5, 0.6) is 0 Å². The molecule has 62 valence electrons. The van der Waals surface area contributed by atoms with Crippen molar-refractivity contribution in [1.29, 1.82) is 0 Å². The molecule has 10 heavy (non-hydrogen) atoms. The molecule has 0 bridgehead atoms. The maximum Gasteiger partial charge on any atom is 0.0451 e. The second kappa shape index (κ2) is 4.66. The van der Waals surface area contributed by atoms with Gasteiger partial charge in [0, 0.05) is 12.2 Å². The Morgan fingerprint density at radius 2 is 2.00 bits per heavy atom. The number of hydrogen-bond acceptors (Lipinski definition) is 3. The van der Waals surface area contributed by atoms with Gasteiger partial charge in [-0.1, -0.05) is 0 Å². The highest BCUT2D eigenvalue weighted by Gasteiger charge is 2.08. The minimum absolute atomic E-state index is 0.0409. The third-order valence-corrected chi connectivity index (χ3v) is 1.25. The average molecular weight is 145 g/mol. The van der Waals surface area contributed by atoms with Crippen LogP contribution in [0.15, 0.2) is 0 Å². The van der Waals surface area contributed by atoms with E-state index in [0.717, 1.165) is 19.6 Å². The lowest BCUT2D eigenvalue weighted by molar-refractivity contribution is 0.451. The van der Waals surface area contributed by atoms with Crippen LogP contribution in [-0.2, 0) is 0 Å². The zero-order valence-electron chi connectivity index (χ0n) is 7.20. The zero-order valence-corrected chi connectivity index (χ0v) is 7.20. The first-order chi connectivity index (χ1) is 4.56. The normalized spacial score (nSPS) is 12.0. The maximum atomic E-state index is 5.76. The second-order valence-corrected chi connectivity index (χ2v) is 3.27. The summed E-state index contributed by atoms with van der Waals surface area (Å²) in [5, 5.41) is 6.20. The van der Waals surface area contributed by atoms with Crippen molar-refractivity contribution in [3.8, 4) is 0 Å². The van der Waals surface area contributed by atoms with Crippen LogP contribution in [0.2, 0.25) is 0 Å². The molecule has 0 spiro atoms. The van der Waals surface area contributed by atoms with Crippen molar-refractivity contribution in [3.63, 3.8) is 0 Å². The highest BCUT2D eigenvalue weighted by molar-refractivity contribution is 4.71. The Bertz CT molecular complexity index is 75.4. The second-order valence-electron chi connectivity index (χ2n) is 3.27. The molecule has 0 saturated heterocycles. The fourth-order valence-corrected chi connectivity index (χ4v) is 0.624. The van der Waals surface area contributed by atoms with Crippen LogP contribution in [0.4, 0.5) is 0 Å². The molecule has 4 N–H and O–H groups in total. The molecule has 0 unspecified atom stereocenters. The first kappa shape index (κ1) is 9.88. The fourth-order valence-electron chi connectivity index (χ4n) is 0.624. The van der Waals surface area contributed by atoms with Crippen molar-refractivity contribution in [3.05, 3.63) is 0 Å². The molecule has 0 fully saturated rings. The fraction of sp³-hybridized carbons (Fsp3) is 1.00. The van der Waals surface area contributed by atoms with Crippen molar-refractivity contribution in [1.82, 2.24) is 10.6 Å². The molecule has 0 heterocycles. The van der Waals surface area contributed by atoms with Gasteiger partial charge in [-0.15, -0.1) is 0 Å². The highest BCUT2D eigenvalue weighted by Crippen LogP contribution is 2.00. The highest BCUT2D eigenvalue weighted by atomic mass is 15.0. The largest absolute Gasteiger partial charge is 0.326 e. The standard InChI is InChI=1S/C7H19N3/c1-7(2,8)4-5-10-6-9-3/h9-10H,4-6,8H2,1-3H3. The van der Waals surface area contributed by atoms with Crippen molar-refractivity contribution < 1.29 is 0 Å². The van der Waals surface area contributed by atoms with E-state index >= 15 is 0 Å². The predicted octanol–water partition coefficient (Wildman–Crippen LogP) is -0.120. The van der Waals surface area contributed by atoms with E-state index < -0.39 is 0 Å². The van der Waals surface area contributed by atoms with E-state index in [4.69, 9.17) is 5.73 Å². The summed E-state index contributed by atoms with van der Waals surface area (Å²) in [7, 11) is 1.92. The SMILES string of the molecule is CNCNCCC(C)(C)N. The quantitative estimate of drug-likeness (QED) is 0.373. The third kappa shape index (κ3) is 7.88. The van der Waals surface area contributed by atoms with Gasteiger partial charge in [0.2, 0.25) is 0 Å². The van der Waals surface area contributed by atoms with Gasteiger partial charge < -0.3 is 16.4 Å². The smallest absolute Gasteiger partial charge is 0.0451 e. The summed E-state index contributed by atoms with van der Waals surface area (Å²) in [6.07, 6.45) is 1.01. The predicted molar refractivity (Wildman–Crippen MR) is 44.8 cm³/mol. The van der Waals surface area contributed by atoms with Crippen LogP contribution in [0.3, 0.4) is 0 Å². The zero-order chi connectivity index (χ0) is 8.04. The minimum Gasteiger partial charge on any atom is -0.326 e. The number of hydrogen-bond donors (Lipinski definition) is 3. The van der Waals surface area contributed by atoms with Gasteiger partial charge in [0.25, 0.3) is 0 Å². The Morgan fingerprint density at radius 3 is 2.40 bits per heavy atom. The average Bonchev–Trinajstić information content (AvgIpc) is 1.78. The number of nitrogens with one attached hydrogen (secondary N) is 2. The van der Waals surface area contributed by atoms with Gasteiger partial charge in [0.05, 0.1) is 0 Å². The van der Waals surface area contributed by atoms with E-state index in [1.54, 1.807) is 0 Å². The molecular formula is C7H19N3. The summed E-state index contributed by atoms with van der Waals surface area (Å²) >= 11 is 0. The van der Waals surface area contributed by atoms with Gasteiger partial charge >= 0.3 is 0 Å². The first-order valence-electron chi connectivity index (χ1n) is 3.70. The van der Waals surface area contributed by atoms with E-state index in [0.29, 0.717) is 0 Å². The molecule has 0 amide bonds. The van der Waals surface area contributed by atoms with E-state index in [1.165, 1.54) is 0 Å². The number of rotatable bonds is 5. The Balaban J connectivity index is 3.04. The summed E-state index contributed by atoms with van der Waals surface area (Å²) in [6, 6.07) is 0. The van der Waals surface area contributed by atoms with Crippen LogP contribution >= 0.6 is 0 Å². The Morgan fingerprint density at radius 1 is 1.40 bits per heavy atom. The Labute approximate surface area is 63.4 Å². The minimum atomic E-state index is -0.0409. The van der Waals surface area contributed by atoms with E-state index in [9.17, 15) is 0 Å². The van der Waals surface area contributed by atoms with Gasteiger partial charge in [-0.25, -0.2) is 0 Å². The summed E-state index contributed by atoms with van der Waals surface area (Å²) in [5.74, 6) is 0. The lowest BCUT2D eigenvalue weighted by atomic mass is 10.0. The van der Waals surface area contributed by atoms with Gasteiger partial charge in [0.1, 0.15) is 0 Å². The Hall–Kier alpha value is -0.120. The molecule has 0 saturated carbocycles. The molecule has 0 rings (SSSR count). The lowest BCUT2D eigenvalue weighted by Crippen LogP contribution is -2.37. The molecule has 3 nitrogen and oxygen atoms in total. The van der Waals surface area contributed by atoms with Crippen molar-refractivity contribution >= 4 is 0 Å². The molecule has 0 aliphatic rings. The molecule has 0 aromatic carbocycles. The maximum absolute atomic E-state index is 5.76. The molecule has 0 aromatic heterocycles. The molecular weight excluding hydrogens is 126 g/mol. The van der Waals surface area contributed by atoms with Crippen molar-refractivity contribution in [2.75, 3.05) is 20.3 Å².